The zero-order chi connectivity index (χ0) is 11.4. The maximum absolute atomic E-state index is 10.1. The Balaban J connectivity index is 3.35. The Hall–Kier alpha value is -1.31. The van der Waals surface area contributed by atoms with Crippen LogP contribution in [0.15, 0.2) is 11.1 Å². The van der Waals surface area contributed by atoms with E-state index >= 15 is 0 Å². The van der Waals surface area contributed by atoms with Gasteiger partial charge in [0.1, 0.15) is 5.75 Å². The summed E-state index contributed by atoms with van der Waals surface area (Å²) < 4.78 is 5.23. The van der Waals surface area contributed by atoms with Crippen LogP contribution in [0, 0.1) is 13.8 Å². The highest BCUT2D eigenvalue weighted by atomic mass is 35.5. The molecular formula is C11H12ClNO2. The summed E-state index contributed by atoms with van der Waals surface area (Å²) >= 11 is 6.12. The maximum atomic E-state index is 10.1. The zero-order valence-corrected chi connectivity index (χ0v) is 9.68. The topological polar surface area (TPSA) is 38.7 Å². The van der Waals surface area contributed by atoms with Gasteiger partial charge in [-0.3, -0.25) is 0 Å². The molecule has 0 spiro atoms. The molecule has 0 N–H and O–H groups in total. The largest absolute Gasteiger partial charge is 0.496 e. The summed E-state index contributed by atoms with van der Waals surface area (Å²) in [5.74, 6) is 0.685. The second-order valence-electron chi connectivity index (χ2n) is 3.24. The third-order valence-electron chi connectivity index (χ3n) is 2.18. The predicted molar refractivity (Wildman–Crippen MR) is 59.3 cm³/mol. The number of isocyanates is 1. The predicted octanol–water partition coefficient (Wildman–Crippen LogP) is 2.80. The first kappa shape index (κ1) is 11.8. The number of carbonyl (C=O) groups excluding carboxylic acids is 1. The second kappa shape index (κ2) is 4.96. The molecule has 0 aliphatic heterocycles. The summed E-state index contributed by atoms with van der Waals surface area (Å²) in [7, 11) is 1.57. The van der Waals surface area contributed by atoms with Crippen LogP contribution in [-0.4, -0.2) is 13.2 Å². The highest BCUT2D eigenvalue weighted by Gasteiger charge is 2.12. The van der Waals surface area contributed by atoms with E-state index in [9.17, 15) is 4.79 Å². The summed E-state index contributed by atoms with van der Waals surface area (Å²) in [4.78, 5) is 13.6. The first-order chi connectivity index (χ1) is 7.11. The molecule has 0 bridgehead atoms. The van der Waals surface area contributed by atoms with Gasteiger partial charge in [-0.2, -0.15) is 0 Å². The minimum atomic E-state index is 0.202. The number of ether oxygens (including phenoxy) is 1. The van der Waals surface area contributed by atoms with E-state index in [0.29, 0.717) is 10.8 Å². The number of benzene rings is 1. The van der Waals surface area contributed by atoms with Crippen molar-refractivity contribution in [3.63, 3.8) is 0 Å². The lowest BCUT2D eigenvalue weighted by molar-refractivity contribution is 0.406. The molecule has 15 heavy (non-hydrogen) atoms. The Morgan fingerprint density at radius 3 is 2.67 bits per heavy atom. The summed E-state index contributed by atoms with van der Waals surface area (Å²) in [6, 6.07) is 1.94. The molecule has 0 atom stereocenters. The fraction of sp³-hybridized carbons (Fsp3) is 0.364. The molecule has 0 unspecified atom stereocenters. The van der Waals surface area contributed by atoms with Crippen LogP contribution in [0.1, 0.15) is 16.7 Å². The van der Waals surface area contributed by atoms with E-state index in [-0.39, 0.29) is 6.54 Å². The van der Waals surface area contributed by atoms with Crippen LogP contribution < -0.4 is 4.74 Å². The van der Waals surface area contributed by atoms with Gasteiger partial charge in [0, 0.05) is 5.56 Å². The molecule has 0 aromatic heterocycles. The normalized spacial score (nSPS) is 9.60. The van der Waals surface area contributed by atoms with Crippen LogP contribution in [0.25, 0.3) is 0 Å². The SMILES string of the molecule is COc1c(C)cc(C)c(Cl)c1CN=C=O. The monoisotopic (exact) mass is 225 g/mol. The van der Waals surface area contributed by atoms with Crippen LogP contribution in [0.2, 0.25) is 5.02 Å². The fourth-order valence-electron chi connectivity index (χ4n) is 1.57. The number of halogens is 1. The smallest absolute Gasteiger partial charge is 0.235 e. The number of hydrogen-bond donors (Lipinski definition) is 0. The van der Waals surface area contributed by atoms with Crippen LogP contribution in [-0.2, 0) is 11.3 Å². The van der Waals surface area contributed by atoms with Gasteiger partial charge < -0.3 is 4.74 Å². The summed E-state index contributed by atoms with van der Waals surface area (Å²) in [5.41, 5.74) is 2.67. The molecule has 1 aromatic carbocycles. The lowest BCUT2D eigenvalue weighted by atomic mass is 10.1. The molecule has 3 nitrogen and oxygen atoms in total. The number of rotatable bonds is 3. The number of methoxy groups -OCH3 is 1. The molecule has 0 fully saturated rings. The first-order valence-corrected chi connectivity index (χ1v) is 4.85. The van der Waals surface area contributed by atoms with Gasteiger partial charge in [-0.25, -0.2) is 9.79 Å². The van der Waals surface area contributed by atoms with Crippen molar-refractivity contribution in [2.75, 3.05) is 7.11 Å². The van der Waals surface area contributed by atoms with Crippen molar-refractivity contribution in [2.45, 2.75) is 20.4 Å². The molecule has 80 valence electrons. The molecule has 0 saturated carbocycles. The highest BCUT2D eigenvalue weighted by Crippen LogP contribution is 2.33. The van der Waals surface area contributed by atoms with Gasteiger partial charge in [0.2, 0.25) is 6.08 Å². The van der Waals surface area contributed by atoms with Crippen LogP contribution in [0.5, 0.6) is 5.75 Å². The van der Waals surface area contributed by atoms with Gasteiger partial charge >= 0.3 is 0 Å². The molecule has 0 aliphatic rings. The molecule has 1 rings (SSSR count). The first-order valence-electron chi connectivity index (χ1n) is 4.48. The summed E-state index contributed by atoms with van der Waals surface area (Å²) in [6.07, 6.45) is 1.49. The van der Waals surface area contributed by atoms with Crippen LogP contribution in [0.3, 0.4) is 0 Å². The summed E-state index contributed by atoms with van der Waals surface area (Å²) in [6.45, 7) is 4.03. The number of aryl methyl sites for hydroxylation is 2. The Labute approximate surface area is 93.7 Å². The van der Waals surface area contributed by atoms with Crippen molar-refractivity contribution in [3.8, 4) is 5.75 Å². The van der Waals surface area contributed by atoms with E-state index in [1.807, 2.05) is 19.9 Å². The fourth-order valence-corrected chi connectivity index (χ4v) is 1.77. The van der Waals surface area contributed by atoms with Gasteiger partial charge in [0.15, 0.2) is 0 Å². The number of nitrogens with zero attached hydrogens (tertiary/aromatic N) is 1. The zero-order valence-electron chi connectivity index (χ0n) is 8.93. The maximum Gasteiger partial charge on any atom is 0.235 e. The van der Waals surface area contributed by atoms with Crippen molar-refractivity contribution < 1.29 is 9.53 Å². The van der Waals surface area contributed by atoms with E-state index in [1.165, 1.54) is 6.08 Å². The highest BCUT2D eigenvalue weighted by molar-refractivity contribution is 6.32. The number of hydrogen-bond acceptors (Lipinski definition) is 3. The Kier molecular flexibility index (Phi) is 3.89. The molecule has 0 saturated heterocycles. The Morgan fingerprint density at radius 2 is 2.13 bits per heavy atom. The molecule has 0 radical (unpaired) electrons. The van der Waals surface area contributed by atoms with E-state index in [2.05, 4.69) is 4.99 Å². The van der Waals surface area contributed by atoms with Crippen LogP contribution >= 0.6 is 11.6 Å². The molecule has 0 amide bonds. The third-order valence-corrected chi connectivity index (χ3v) is 2.71. The van der Waals surface area contributed by atoms with Crippen molar-refractivity contribution >= 4 is 17.7 Å². The molecule has 4 heteroatoms. The van der Waals surface area contributed by atoms with E-state index in [4.69, 9.17) is 16.3 Å². The Morgan fingerprint density at radius 1 is 1.47 bits per heavy atom. The minimum Gasteiger partial charge on any atom is -0.496 e. The van der Waals surface area contributed by atoms with Crippen molar-refractivity contribution in [3.05, 3.63) is 27.8 Å². The van der Waals surface area contributed by atoms with E-state index < -0.39 is 0 Å². The third kappa shape index (κ3) is 2.38. The van der Waals surface area contributed by atoms with E-state index in [1.54, 1.807) is 7.11 Å². The van der Waals surface area contributed by atoms with Gasteiger partial charge in [0.25, 0.3) is 0 Å². The van der Waals surface area contributed by atoms with Gasteiger partial charge in [-0.05, 0) is 25.0 Å². The van der Waals surface area contributed by atoms with Gasteiger partial charge in [-0.15, -0.1) is 0 Å². The van der Waals surface area contributed by atoms with Crippen molar-refractivity contribution in [2.24, 2.45) is 4.99 Å². The van der Waals surface area contributed by atoms with E-state index in [0.717, 1.165) is 16.7 Å². The minimum absolute atomic E-state index is 0.202. The van der Waals surface area contributed by atoms with Gasteiger partial charge in [-0.1, -0.05) is 17.7 Å². The number of aliphatic imine (C=N–C) groups is 1. The van der Waals surface area contributed by atoms with Crippen molar-refractivity contribution in [1.29, 1.82) is 0 Å². The average Bonchev–Trinajstić information content (AvgIpc) is 2.21. The molecule has 0 heterocycles. The molecular weight excluding hydrogens is 214 g/mol. The summed E-state index contributed by atoms with van der Waals surface area (Å²) in [5, 5.41) is 0.594. The standard InChI is InChI=1S/C11H12ClNO2/c1-7-4-8(2)11(15-3)9(10(7)12)5-13-6-14/h4H,5H2,1-3H3. The quantitative estimate of drug-likeness (QED) is 0.586. The Bertz CT molecular complexity index is 423. The second-order valence-corrected chi connectivity index (χ2v) is 3.62. The van der Waals surface area contributed by atoms with Gasteiger partial charge in [0.05, 0.1) is 18.7 Å². The molecule has 1 aromatic rings. The lowest BCUT2D eigenvalue weighted by Gasteiger charge is -2.13. The van der Waals surface area contributed by atoms with Crippen LogP contribution in [0.4, 0.5) is 0 Å². The average molecular weight is 226 g/mol. The van der Waals surface area contributed by atoms with Crippen molar-refractivity contribution in [1.82, 2.24) is 0 Å². The molecule has 0 aliphatic carbocycles. The lowest BCUT2D eigenvalue weighted by Crippen LogP contribution is -1.97.